The maximum atomic E-state index is 12.6. The lowest BCUT2D eigenvalue weighted by atomic mass is 9.79. The summed E-state index contributed by atoms with van der Waals surface area (Å²) in [6.07, 6.45) is 4.96. The third kappa shape index (κ3) is 4.36. The number of anilines is 1. The van der Waals surface area contributed by atoms with Crippen molar-refractivity contribution in [1.29, 1.82) is 0 Å². The molecule has 0 aromatic heterocycles. The highest BCUT2D eigenvalue weighted by molar-refractivity contribution is 5.94. The van der Waals surface area contributed by atoms with Crippen molar-refractivity contribution in [3.8, 4) is 0 Å². The first-order valence-electron chi connectivity index (χ1n) is 11.4. The van der Waals surface area contributed by atoms with Crippen LogP contribution in [-0.4, -0.2) is 41.6 Å². The molecule has 1 aliphatic carbocycles. The van der Waals surface area contributed by atoms with Gasteiger partial charge in [-0.15, -0.1) is 0 Å². The van der Waals surface area contributed by atoms with Gasteiger partial charge in [-0.1, -0.05) is 19.1 Å². The van der Waals surface area contributed by atoms with Gasteiger partial charge in [-0.3, -0.25) is 4.79 Å². The van der Waals surface area contributed by atoms with Crippen LogP contribution in [0.25, 0.3) is 5.57 Å². The number of hydrogen-bond acceptors (Lipinski definition) is 4. The number of fused-ring (bicyclic) bond motifs is 1. The van der Waals surface area contributed by atoms with Gasteiger partial charge in [0.25, 0.3) is 0 Å². The van der Waals surface area contributed by atoms with Crippen molar-refractivity contribution >= 4 is 23.3 Å². The number of carbonyl (C=O) groups excluding carboxylic acids is 2. The molecule has 1 saturated carbocycles. The third-order valence-electron chi connectivity index (χ3n) is 6.73. The van der Waals surface area contributed by atoms with Gasteiger partial charge >= 0.3 is 6.09 Å². The minimum absolute atomic E-state index is 0.0846. The Morgan fingerprint density at radius 2 is 1.90 bits per heavy atom. The summed E-state index contributed by atoms with van der Waals surface area (Å²) in [5.41, 5.74) is 10.6. The van der Waals surface area contributed by atoms with E-state index in [0.717, 1.165) is 23.2 Å². The van der Waals surface area contributed by atoms with E-state index in [4.69, 9.17) is 10.5 Å². The molecule has 1 aromatic carbocycles. The van der Waals surface area contributed by atoms with Crippen molar-refractivity contribution in [2.24, 2.45) is 17.6 Å². The highest BCUT2D eigenvalue weighted by Gasteiger charge is 2.46. The average Bonchev–Trinajstić information content (AvgIpc) is 3.54. The summed E-state index contributed by atoms with van der Waals surface area (Å²) in [6, 6.07) is 6.43. The molecular weight excluding hydrogens is 390 g/mol. The highest BCUT2D eigenvalue weighted by Crippen LogP contribution is 2.48. The first-order valence-corrected chi connectivity index (χ1v) is 11.4. The molecule has 0 radical (unpaired) electrons. The Bertz CT molecular complexity index is 913. The average molecular weight is 426 g/mol. The number of nitrogens with zero attached hydrogens (tertiary/aromatic N) is 2. The molecule has 2 N–H and O–H groups in total. The molecule has 3 atom stereocenters. The van der Waals surface area contributed by atoms with E-state index in [1.807, 2.05) is 25.7 Å². The van der Waals surface area contributed by atoms with Crippen molar-refractivity contribution in [3.63, 3.8) is 0 Å². The van der Waals surface area contributed by atoms with Crippen LogP contribution in [-0.2, 0) is 9.53 Å². The second-order valence-corrected chi connectivity index (χ2v) is 10.3. The molecule has 6 heteroatoms. The molecule has 4 rings (SSSR count). The second kappa shape index (κ2) is 7.97. The molecule has 31 heavy (non-hydrogen) atoms. The van der Waals surface area contributed by atoms with Crippen molar-refractivity contribution in [1.82, 2.24) is 4.90 Å². The van der Waals surface area contributed by atoms with E-state index in [1.165, 1.54) is 18.4 Å². The van der Waals surface area contributed by atoms with Crippen molar-refractivity contribution in [3.05, 3.63) is 35.4 Å². The van der Waals surface area contributed by atoms with Crippen LogP contribution >= 0.6 is 0 Å². The Morgan fingerprint density at radius 1 is 1.19 bits per heavy atom. The molecule has 1 aromatic rings. The lowest BCUT2D eigenvalue weighted by Crippen LogP contribution is -2.51. The summed E-state index contributed by atoms with van der Waals surface area (Å²) < 4.78 is 5.49. The maximum absolute atomic E-state index is 12.6. The molecule has 1 unspecified atom stereocenters. The zero-order valence-electron chi connectivity index (χ0n) is 19.4. The number of amides is 2. The fraction of sp³-hybridized carbons (Fsp3) is 0.600. The summed E-state index contributed by atoms with van der Waals surface area (Å²) in [5.74, 6) is 0.884. The number of benzene rings is 1. The lowest BCUT2D eigenvalue weighted by Gasteiger charge is -2.44. The predicted molar refractivity (Wildman–Crippen MR) is 123 cm³/mol. The zero-order valence-corrected chi connectivity index (χ0v) is 19.4. The molecule has 2 amide bonds. The van der Waals surface area contributed by atoms with E-state index >= 15 is 0 Å². The maximum Gasteiger partial charge on any atom is 0.410 e. The van der Waals surface area contributed by atoms with E-state index in [1.54, 1.807) is 11.8 Å². The lowest BCUT2D eigenvalue weighted by molar-refractivity contribution is -0.117. The van der Waals surface area contributed by atoms with E-state index in [-0.39, 0.29) is 30.0 Å². The van der Waals surface area contributed by atoms with Crippen LogP contribution in [0.1, 0.15) is 71.0 Å². The van der Waals surface area contributed by atoms with Crippen molar-refractivity contribution < 1.29 is 14.3 Å². The van der Waals surface area contributed by atoms with Crippen LogP contribution < -0.4 is 10.6 Å². The molecule has 6 nitrogen and oxygen atoms in total. The number of carbonyl (C=O) groups is 2. The SMILES string of the molecule is CC(=O)N1c2ccc(C3=CCN(C(=O)OC(C)(C)C)CC3)cc2[C@H](N)[C@@H](C)C1C1CC1. The quantitative estimate of drug-likeness (QED) is 0.757. The molecule has 0 saturated heterocycles. The third-order valence-corrected chi connectivity index (χ3v) is 6.73. The van der Waals surface area contributed by atoms with Gasteiger partial charge in [0.1, 0.15) is 5.60 Å². The van der Waals surface area contributed by atoms with Gasteiger partial charge < -0.3 is 20.3 Å². The first-order chi connectivity index (χ1) is 14.6. The topological polar surface area (TPSA) is 75.9 Å². The molecule has 2 heterocycles. The summed E-state index contributed by atoms with van der Waals surface area (Å²) in [5, 5.41) is 0. The van der Waals surface area contributed by atoms with Gasteiger partial charge in [-0.25, -0.2) is 4.79 Å². The van der Waals surface area contributed by atoms with Crippen molar-refractivity contribution in [2.45, 2.75) is 71.6 Å². The number of rotatable bonds is 2. The summed E-state index contributed by atoms with van der Waals surface area (Å²) >= 11 is 0. The fourth-order valence-corrected chi connectivity index (χ4v) is 5.01. The molecule has 1 fully saturated rings. The van der Waals surface area contributed by atoms with Gasteiger partial charge in [0.05, 0.1) is 0 Å². The molecule has 0 bridgehead atoms. The molecule has 168 valence electrons. The van der Waals surface area contributed by atoms with Crippen molar-refractivity contribution in [2.75, 3.05) is 18.0 Å². The normalized spacial score (nSPS) is 26.3. The molecule has 0 spiro atoms. The Morgan fingerprint density at radius 3 is 2.45 bits per heavy atom. The Labute approximate surface area is 185 Å². The van der Waals surface area contributed by atoms with E-state index < -0.39 is 5.60 Å². The van der Waals surface area contributed by atoms with E-state index in [9.17, 15) is 9.59 Å². The van der Waals surface area contributed by atoms with Gasteiger partial charge in [0.2, 0.25) is 5.91 Å². The summed E-state index contributed by atoms with van der Waals surface area (Å²) in [7, 11) is 0. The molecule has 2 aliphatic heterocycles. The predicted octanol–water partition coefficient (Wildman–Crippen LogP) is 4.49. The Balaban J connectivity index is 1.57. The van der Waals surface area contributed by atoms with Crippen LogP contribution in [0.3, 0.4) is 0 Å². The number of ether oxygens (including phenoxy) is 1. The first kappa shape index (κ1) is 21.9. The van der Waals surface area contributed by atoms with Crippen LogP contribution in [0.2, 0.25) is 0 Å². The summed E-state index contributed by atoms with van der Waals surface area (Å²) in [4.78, 5) is 28.6. The van der Waals surface area contributed by atoms with Gasteiger partial charge in [-0.05, 0) is 80.7 Å². The Hall–Kier alpha value is -2.34. The Kier molecular flexibility index (Phi) is 5.63. The zero-order chi connectivity index (χ0) is 22.5. The smallest absolute Gasteiger partial charge is 0.410 e. The van der Waals surface area contributed by atoms with E-state index in [0.29, 0.717) is 19.0 Å². The van der Waals surface area contributed by atoms with Crippen LogP contribution in [0.15, 0.2) is 24.3 Å². The standard InChI is InChI=1S/C25H35N3O3/c1-15-22(26)20-14-19(8-9-21(20)28(16(2)29)23(15)18-6-7-18)17-10-12-27(13-11-17)24(30)31-25(3,4)5/h8-10,14-15,18,22-23H,6-7,11-13,26H2,1-5H3/t15-,22-,23?/m1/s1. The van der Waals surface area contributed by atoms with Crippen LogP contribution in [0, 0.1) is 11.8 Å². The van der Waals surface area contributed by atoms with Gasteiger partial charge in [0, 0.05) is 37.8 Å². The minimum atomic E-state index is -0.493. The minimum Gasteiger partial charge on any atom is -0.444 e. The number of hydrogen-bond donors (Lipinski definition) is 1. The van der Waals surface area contributed by atoms with Crippen LogP contribution in [0.5, 0.6) is 0 Å². The number of nitrogens with two attached hydrogens (primary N) is 1. The second-order valence-electron chi connectivity index (χ2n) is 10.3. The largest absolute Gasteiger partial charge is 0.444 e. The van der Waals surface area contributed by atoms with Gasteiger partial charge in [0.15, 0.2) is 0 Å². The molecule has 3 aliphatic rings. The van der Waals surface area contributed by atoms with Crippen LogP contribution in [0.4, 0.5) is 10.5 Å². The molecular formula is C25H35N3O3. The van der Waals surface area contributed by atoms with E-state index in [2.05, 4.69) is 31.2 Å². The van der Waals surface area contributed by atoms with Gasteiger partial charge in [-0.2, -0.15) is 0 Å². The summed E-state index contributed by atoms with van der Waals surface area (Å²) in [6.45, 7) is 10.6. The fourth-order valence-electron chi connectivity index (χ4n) is 5.01. The highest BCUT2D eigenvalue weighted by atomic mass is 16.6. The monoisotopic (exact) mass is 425 g/mol.